The van der Waals surface area contributed by atoms with Crippen molar-refractivity contribution in [2.75, 3.05) is 6.54 Å². The zero-order chi connectivity index (χ0) is 14.0. The van der Waals surface area contributed by atoms with E-state index in [4.69, 9.17) is 4.55 Å². The van der Waals surface area contributed by atoms with Gasteiger partial charge in [0.05, 0.1) is 6.54 Å². The number of hydrogen-bond donors (Lipinski definition) is 1. The van der Waals surface area contributed by atoms with Crippen LogP contribution in [0.2, 0.25) is 0 Å². The minimum Gasteiger partial charge on any atom is -0.862 e. The van der Waals surface area contributed by atoms with Gasteiger partial charge in [-0.25, -0.2) is 4.31 Å². The van der Waals surface area contributed by atoms with E-state index in [0.717, 1.165) is 5.56 Å². The van der Waals surface area contributed by atoms with E-state index in [2.05, 4.69) is 4.99 Å². The molecule has 1 fully saturated rings. The summed E-state index contributed by atoms with van der Waals surface area (Å²) in [7, 11) is -4.53. The predicted octanol–water partition coefficient (Wildman–Crippen LogP) is -3.99. The van der Waals surface area contributed by atoms with Crippen LogP contribution < -0.4 is 56.5 Å². The number of hydrogen-bond acceptors (Lipinski definition) is 5. The molecule has 1 saturated heterocycles. The summed E-state index contributed by atoms with van der Waals surface area (Å²) in [5.41, 5.74) is 0.759. The number of β-lactam (4-membered cyclic amide) rings is 1. The molecule has 1 aromatic carbocycles. The van der Waals surface area contributed by atoms with E-state index < -0.39 is 28.2 Å². The number of benzene rings is 1. The maximum Gasteiger partial charge on any atom is 1.00 e. The molecule has 1 aliphatic rings. The quantitative estimate of drug-likeness (QED) is 0.200. The first-order valence-corrected chi connectivity index (χ1v) is 6.84. The number of aliphatic imine (C=N–C) groups is 1. The van der Waals surface area contributed by atoms with E-state index in [1.807, 2.05) is 6.07 Å². The first kappa shape index (κ1) is 17.8. The molecule has 0 aliphatic carbocycles. The molecular formula is C11H11KN2O5S. The Balaban J connectivity index is 0.00000200. The van der Waals surface area contributed by atoms with Crippen LogP contribution in [-0.2, 0) is 21.5 Å². The van der Waals surface area contributed by atoms with Crippen LogP contribution in [0.1, 0.15) is 5.56 Å². The number of carbonyl (C=O) groups excluding carboxylic acids is 1. The molecule has 0 unspecified atom stereocenters. The van der Waals surface area contributed by atoms with Crippen molar-refractivity contribution < 1.29 is 74.3 Å². The molecule has 20 heavy (non-hydrogen) atoms. The van der Waals surface area contributed by atoms with E-state index in [9.17, 15) is 18.3 Å². The normalized spacial score (nSPS) is 19.2. The van der Waals surface area contributed by atoms with Crippen molar-refractivity contribution in [2.45, 2.75) is 12.5 Å². The number of amides is 1. The van der Waals surface area contributed by atoms with Crippen LogP contribution >= 0.6 is 0 Å². The van der Waals surface area contributed by atoms with Crippen molar-refractivity contribution in [1.82, 2.24) is 4.31 Å². The van der Waals surface area contributed by atoms with Crippen molar-refractivity contribution in [3.05, 3.63) is 35.9 Å². The van der Waals surface area contributed by atoms with Crippen LogP contribution in [-0.4, -0.2) is 41.7 Å². The molecule has 1 aliphatic heterocycles. The van der Waals surface area contributed by atoms with Crippen LogP contribution in [0.5, 0.6) is 0 Å². The van der Waals surface area contributed by atoms with Crippen LogP contribution in [0.25, 0.3) is 0 Å². The molecule has 1 atom stereocenters. The summed E-state index contributed by atoms with van der Waals surface area (Å²) in [4.78, 5) is 15.0. The number of nitrogens with zero attached hydrogens (tertiary/aromatic N) is 2. The van der Waals surface area contributed by atoms with Gasteiger partial charge < -0.3 is 5.11 Å². The molecule has 1 heterocycles. The average Bonchev–Trinajstić information content (AvgIpc) is 2.33. The Morgan fingerprint density at radius 3 is 2.50 bits per heavy atom. The fraction of sp³-hybridized carbons (Fsp3) is 0.273. The fourth-order valence-corrected chi connectivity index (χ4v) is 2.35. The van der Waals surface area contributed by atoms with Gasteiger partial charge in [-0.05, 0) is 11.5 Å². The molecule has 9 heteroatoms. The molecule has 2 rings (SSSR count). The van der Waals surface area contributed by atoms with Gasteiger partial charge >= 0.3 is 61.7 Å². The molecule has 0 bridgehead atoms. The Bertz CT molecular complexity index is 617. The third kappa shape index (κ3) is 4.35. The topological polar surface area (TPSA) is 110 Å². The van der Waals surface area contributed by atoms with Gasteiger partial charge in [-0.15, -0.1) is 0 Å². The van der Waals surface area contributed by atoms with E-state index in [1.54, 1.807) is 24.3 Å². The van der Waals surface area contributed by atoms with Gasteiger partial charge in [-0.3, -0.25) is 14.3 Å². The van der Waals surface area contributed by atoms with E-state index in [-0.39, 0.29) is 68.7 Å². The average molecular weight is 322 g/mol. The first-order valence-electron chi connectivity index (χ1n) is 5.44. The molecule has 1 N–H and O–H groups in total. The van der Waals surface area contributed by atoms with Crippen molar-refractivity contribution in [2.24, 2.45) is 4.99 Å². The second-order valence-electron chi connectivity index (χ2n) is 4.05. The van der Waals surface area contributed by atoms with Gasteiger partial charge in [0.25, 0.3) is 5.91 Å². The monoisotopic (exact) mass is 322 g/mol. The second kappa shape index (κ2) is 7.12. The fourth-order valence-electron chi connectivity index (χ4n) is 1.67. The molecule has 1 aromatic rings. The van der Waals surface area contributed by atoms with Gasteiger partial charge in [-0.1, -0.05) is 30.3 Å². The zero-order valence-electron chi connectivity index (χ0n) is 10.8. The molecule has 0 radical (unpaired) electrons. The van der Waals surface area contributed by atoms with E-state index in [0.29, 0.717) is 0 Å². The molecule has 0 spiro atoms. The molecule has 1 amide bonds. The Hall–Kier alpha value is -0.294. The Morgan fingerprint density at radius 1 is 1.40 bits per heavy atom. The SMILES string of the molecule is O=C1[C@@H](N=C([O-])Cc2ccccc2)CN1S(=O)(=O)O.[K+]. The maximum atomic E-state index is 11.6. The zero-order valence-corrected chi connectivity index (χ0v) is 14.7. The van der Waals surface area contributed by atoms with Crippen molar-refractivity contribution in [3.8, 4) is 0 Å². The van der Waals surface area contributed by atoms with Crippen LogP contribution in [0.4, 0.5) is 0 Å². The summed E-state index contributed by atoms with van der Waals surface area (Å²) in [5.74, 6) is -1.39. The Morgan fingerprint density at radius 2 is 2.00 bits per heavy atom. The van der Waals surface area contributed by atoms with Gasteiger partial charge in [0.2, 0.25) is 0 Å². The molecule has 0 saturated carbocycles. The predicted molar refractivity (Wildman–Crippen MR) is 64.6 cm³/mol. The minimum absolute atomic E-state index is 0. The van der Waals surface area contributed by atoms with Gasteiger partial charge in [0.1, 0.15) is 6.04 Å². The Labute approximate surface area is 159 Å². The van der Waals surface area contributed by atoms with Gasteiger partial charge in [0.15, 0.2) is 0 Å². The molecule has 0 aromatic heterocycles. The van der Waals surface area contributed by atoms with Gasteiger partial charge in [0, 0.05) is 6.42 Å². The third-order valence-corrected chi connectivity index (χ3v) is 3.53. The van der Waals surface area contributed by atoms with Gasteiger partial charge in [-0.2, -0.15) is 8.42 Å². The molecule has 102 valence electrons. The Kier molecular flexibility index (Phi) is 6.32. The maximum absolute atomic E-state index is 11.6. The van der Waals surface area contributed by atoms with E-state index in [1.165, 1.54) is 0 Å². The van der Waals surface area contributed by atoms with Crippen molar-refractivity contribution in [1.29, 1.82) is 0 Å². The van der Waals surface area contributed by atoms with E-state index >= 15 is 0 Å². The summed E-state index contributed by atoms with van der Waals surface area (Å²) in [6, 6.07) is 7.85. The van der Waals surface area contributed by atoms with Crippen LogP contribution in [0.3, 0.4) is 0 Å². The van der Waals surface area contributed by atoms with Crippen molar-refractivity contribution in [3.63, 3.8) is 0 Å². The number of rotatable bonds is 4. The first-order chi connectivity index (χ1) is 8.88. The third-order valence-electron chi connectivity index (χ3n) is 2.65. The molecule has 7 nitrogen and oxygen atoms in total. The summed E-state index contributed by atoms with van der Waals surface area (Å²) in [6.07, 6.45) is 0.0521. The van der Waals surface area contributed by atoms with Crippen LogP contribution in [0.15, 0.2) is 35.3 Å². The number of carbonyl (C=O) groups is 1. The largest absolute Gasteiger partial charge is 1.00 e. The minimum atomic E-state index is -4.53. The second-order valence-corrected chi connectivity index (χ2v) is 5.38. The van der Waals surface area contributed by atoms with Crippen molar-refractivity contribution >= 4 is 22.1 Å². The summed E-state index contributed by atoms with van der Waals surface area (Å²) < 4.78 is 30.3. The molecular weight excluding hydrogens is 311 g/mol. The summed E-state index contributed by atoms with van der Waals surface area (Å²) in [6.45, 7) is -0.293. The summed E-state index contributed by atoms with van der Waals surface area (Å²) in [5, 5.41) is 11.6. The van der Waals surface area contributed by atoms with Crippen LogP contribution in [0, 0.1) is 0 Å². The standard InChI is InChI=1S/C11H12N2O5S.K/c14-10(6-8-4-2-1-3-5-8)12-9-7-13(11(9)15)19(16,17)18;/h1-5,9H,6-7H2,(H,12,14)(H,16,17,18);/q;+1/p-1/t9-;/m0./s1. The summed E-state index contributed by atoms with van der Waals surface area (Å²) >= 11 is 0. The smallest absolute Gasteiger partial charge is 0.862 e.